The van der Waals surface area contributed by atoms with Crippen molar-refractivity contribution >= 4 is 22.6 Å². The molecule has 0 saturated heterocycles. The van der Waals surface area contributed by atoms with E-state index in [1.807, 2.05) is 13.8 Å². The van der Waals surface area contributed by atoms with Crippen LogP contribution in [-0.4, -0.2) is 14.8 Å². The quantitative estimate of drug-likeness (QED) is 0.468. The van der Waals surface area contributed by atoms with Gasteiger partial charge >= 0.3 is 0 Å². The van der Waals surface area contributed by atoms with Crippen LogP contribution in [0, 0.1) is 5.41 Å². The smallest absolute Gasteiger partial charge is 0.0621 e. The van der Waals surface area contributed by atoms with E-state index in [0.717, 1.165) is 6.42 Å². The molecule has 1 unspecified atom stereocenters. The summed E-state index contributed by atoms with van der Waals surface area (Å²) in [7, 11) is 0. The summed E-state index contributed by atoms with van der Waals surface area (Å²) in [5, 5.41) is 9.54. The zero-order chi connectivity index (χ0) is 9.28. The standard InChI is InChI=1S/C8H18INO/c1-7(2,6(9)10)5-8(3,4)11/h6,11H,5,10H2,1-4H3. The molecule has 0 aromatic carbocycles. The molecule has 0 aliphatic rings. The van der Waals surface area contributed by atoms with Gasteiger partial charge in [0.25, 0.3) is 0 Å². The van der Waals surface area contributed by atoms with Crippen molar-refractivity contribution < 1.29 is 5.11 Å². The second-order valence-electron chi connectivity index (χ2n) is 4.38. The molecule has 11 heavy (non-hydrogen) atoms. The highest BCUT2D eigenvalue weighted by molar-refractivity contribution is 14.1. The van der Waals surface area contributed by atoms with Crippen LogP contribution < -0.4 is 5.73 Å². The molecule has 0 aliphatic carbocycles. The number of halogens is 1. The van der Waals surface area contributed by atoms with Crippen LogP contribution in [-0.2, 0) is 0 Å². The third kappa shape index (κ3) is 4.98. The van der Waals surface area contributed by atoms with Crippen molar-refractivity contribution in [1.29, 1.82) is 0 Å². The Morgan fingerprint density at radius 3 is 1.82 bits per heavy atom. The fraction of sp³-hybridized carbons (Fsp3) is 1.00. The molecule has 68 valence electrons. The van der Waals surface area contributed by atoms with Gasteiger partial charge in [-0.05, 0) is 25.7 Å². The van der Waals surface area contributed by atoms with E-state index in [4.69, 9.17) is 5.73 Å². The molecule has 0 rings (SSSR count). The minimum absolute atomic E-state index is 0.00118. The first-order chi connectivity index (χ1) is 4.65. The minimum atomic E-state index is -0.619. The summed E-state index contributed by atoms with van der Waals surface area (Å²) in [5.74, 6) is 0. The Morgan fingerprint density at radius 2 is 1.73 bits per heavy atom. The zero-order valence-electron chi connectivity index (χ0n) is 7.69. The van der Waals surface area contributed by atoms with Gasteiger partial charge in [-0.15, -0.1) is 0 Å². The number of nitrogens with two attached hydrogens (primary N) is 1. The number of aliphatic hydroxyl groups is 1. The normalized spacial score (nSPS) is 16.6. The maximum Gasteiger partial charge on any atom is 0.0621 e. The first kappa shape index (κ1) is 11.6. The molecule has 0 aromatic heterocycles. The minimum Gasteiger partial charge on any atom is -0.390 e. The van der Waals surface area contributed by atoms with Crippen molar-refractivity contribution in [3.63, 3.8) is 0 Å². The Hall–Kier alpha value is 0.650. The van der Waals surface area contributed by atoms with Crippen LogP contribution in [0.5, 0.6) is 0 Å². The van der Waals surface area contributed by atoms with Gasteiger partial charge in [0, 0.05) is 0 Å². The van der Waals surface area contributed by atoms with Crippen LogP contribution in [0.1, 0.15) is 34.1 Å². The van der Waals surface area contributed by atoms with Crippen LogP contribution in [0.2, 0.25) is 0 Å². The van der Waals surface area contributed by atoms with Gasteiger partial charge in [0.05, 0.1) is 9.65 Å². The van der Waals surface area contributed by atoms with E-state index in [-0.39, 0.29) is 9.46 Å². The first-order valence-electron chi connectivity index (χ1n) is 3.77. The van der Waals surface area contributed by atoms with E-state index in [1.165, 1.54) is 0 Å². The van der Waals surface area contributed by atoms with E-state index >= 15 is 0 Å². The Bertz CT molecular complexity index is 127. The number of rotatable bonds is 3. The summed E-state index contributed by atoms with van der Waals surface area (Å²) < 4.78 is 0.0894. The zero-order valence-corrected chi connectivity index (χ0v) is 9.84. The van der Waals surface area contributed by atoms with Gasteiger partial charge in [-0.25, -0.2) is 0 Å². The van der Waals surface area contributed by atoms with Crippen LogP contribution >= 0.6 is 22.6 Å². The second-order valence-corrected chi connectivity index (χ2v) is 5.72. The van der Waals surface area contributed by atoms with Gasteiger partial charge in [-0.3, -0.25) is 0 Å². The molecule has 0 bridgehead atoms. The average molecular weight is 271 g/mol. The first-order valence-corrected chi connectivity index (χ1v) is 5.02. The summed E-state index contributed by atoms with van der Waals surface area (Å²) in [6.45, 7) is 7.77. The van der Waals surface area contributed by atoms with Crippen molar-refractivity contribution in [3.8, 4) is 0 Å². The third-order valence-electron chi connectivity index (χ3n) is 1.63. The highest BCUT2D eigenvalue weighted by atomic mass is 127. The van der Waals surface area contributed by atoms with Gasteiger partial charge in [-0.2, -0.15) is 0 Å². The number of alkyl halides is 1. The van der Waals surface area contributed by atoms with Gasteiger partial charge in [0.15, 0.2) is 0 Å². The molecule has 3 heteroatoms. The molecule has 0 radical (unpaired) electrons. The van der Waals surface area contributed by atoms with Crippen molar-refractivity contribution in [2.45, 2.75) is 43.8 Å². The van der Waals surface area contributed by atoms with Gasteiger partial charge in [-0.1, -0.05) is 36.4 Å². The monoisotopic (exact) mass is 271 g/mol. The molecular formula is C8H18INO. The van der Waals surface area contributed by atoms with Crippen molar-refractivity contribution in [1.82, 2.24) is 0 Å². The second kappa shape index (κ2) is 3.58. The predicted octanol–water partition coefficient (Wildman–Crippen LogP) is 1.89. The van der Waals surface area contributed by atoms with E-state index < -0.39 is 5.60 Å². The van der Waals surface area contributed by atoms with E-state index in [9.17, 15) is 5.11 Å². The van der Waals surface area contributed by atoms with Crippen LogP contribution in [0.4, 0.5) is 0 Å². The van der Waals surface area contributed by atoms with Crippen molar-refractivity contribution in [2.75, 3.05) is 0 Å². The SMILES string of the molecule is CC(C)(O)CC(C)(C)C(N)I. The fourth-order valence-corrected chi connectivity index (χ4v) is 1.43. The van der Waals surface area contributed by atoms with E-state index in [1.54, 1.807) is 0 Å². The summed E-state index contributed by atoms with van der Waals surface area (Å²) in [5.41, 5.74) is 5.13. The third-order valence-corrected chi connectivity index (χ3v) is 3.32. The molecule has 2 nitrogen and oxygen atoms in total. The van der Waals surface area contributed by atoms with Crippen LogP contribution in [0.25, 0.3) is 0 Å². The summed E-state index contributed by atoms with van der Waals surface area (Å²) in [6.07, 6.45) is 0.726. The predicted molar refractivity (Wildman–Crippen MR) is 56.7 cm³/mol. The molecule has 0 fully saturated rings. The molecule has 0 saturated carbocycles. The van der Waals surface area contributed by atoms with Crippen LogP contribution in [0.3, 0.4) is 0 Å². The average Bonchev–Trinajstić information content (AvgIpc) is 1.56. The van der Waals surface area contributed by atoms with Gasteiger partial charge < -0.3 is 10.8 Å². The molecule has 0 amide bonds. The lowest BCUT2D eigenvalue weighted by Crippen LogP contribution is -2.38. The Kier molecular flexibility index (Phi) is 3.79. The lowest BCUT2D eigenvalue weighted by molar-refractivity contribution is 0.0328. The molecule has 3 N–H and O–H groups in total. The molecule has 0 spiro atoms. The maximum absolute atomic E-state index is 9.54. The fourth-order valence-electron chi connectivity index (χ4n) is 1.21. The van der Waals surface area contributed by atoms with E-state index in [2.05, 4.69) is 36.4 Å². The molecule has 0 aromatic rings. The molecule has 1 atom stereocenters. The highest BCUT2D eigenvalue weighted by Gasteiger charge is 2.30. The summed E-state index contributed by atoms with van der Waals surface area (Å²) in [6, 6.07) is 0. The number of hydrogen-bond donors (Lipinski definition) is 2. The van der Waals surface area contributed by atoms with Crippen LogP contribution in [0.15, 0.2) is 0 Å². The largest absolute Gasteiger partial charge is 0.390 e. The molecular weight excluding hydrogens is 253 g/mol. The van der Waals surface area contributed by atoms with Gasteiger partial charge in [0.2, 0.25) is 0 Å². The Morgan fingerprint density at radius 1 is 1.36 bits per heavy atom. The Balaban J connectivity index is 4.13. The Labute approximate surface area is 82.7 Å². The molecule has 0 aliphatic heterocycles. The van der Waals surface area contributed by atoms with Crippen molar-refractivity contribution in [2.24, 2.45) is 11.1 Å². The number of hydrogen-bond acceptors (Lipinski definition) is 2. The highest BCUT2D eigenvalue weighted by Crippen LogP contribution is 2.32. The topological polar surface area (TPSA) is 46.2 Å². The maximum atomic E-state index is 9.54. The molecule has 0 heterocycles. The lowest BCUT2D eigenvalue weighted by atomic mass is 9.82. The van der Waals surface area contributed by atoms with Gasteiger partial charge in [0.1, 0.15) is 0 Å². The van der Waals surface area contributed by atoms with E-state index in [0.29, 0.717) is 0 Å². The lowest BCUT2D eigenvalue weighted by Gasteiger charge is -2.33. The van der Waals surface area contributed by atoms with Crippen molar-refractivity contribution in [3.05, 3.63) is 0 Å². The summed E-state index contributed by atoms with van der Waals surface area (Å²) in [4.78, 5) is 0. The summed E-state index contributed by atoms with van der Waals surface area (Å²) >= 11 is 2.19.